The molecule has 3 rings (SSSR count). The van der Waals surface area contributed by atoms with Gasteiger partial charge in [0.15, 0.2) is 0 Å². The number of aromatic nitrogens is 2. The maximum atomic E-state index is 13.7. The number of anilines is 3. The van der Waals surface area contributed by atoms with Crippen molar-refractivity contribution in [2.45, 2.75) is 13.5 Å². The standard InChI is InChI=1S/C19H19FN4O/c1-2-25-16-9-7-15(8-10-16)23-19-21-12-11-18(24-19)22-13-14-5-3-4-6-17(14)20/h3-12H,2,13H2,1H3,(H2,21,22,23,24). The molecule has 0 saturated heterocycles. The molecular formula is C19H19FN4O. The Kier molecular flexibility index (Phi) is 5.41. The Morgan fingerprint density at radius 1 is 1.04 bits per heavy atom. The van der Waals surface area contributed by atoms with E-state index in [1.807, 2.05) is 31.2 Å². The van der Waals surface area contributed by atoms with Crippen LogP contribution in [0.15, 0.2) is 60.8 Å². The van der Waals surface area contributed by atoms with Gasteiger partial charge in [-0.05, 0) is 43.3 Å². The molecule has 3 aromatic rings. The fraction of sp³-hybridized carbons (Fsp3) is 0.158. The van der Waals surface area contributed by atoms with Gasteiger partial charge in [-0.25, -0.2) is 9.37 Å². The molecule has 0 amide bonds. The van der Waals surface area contributed by atoms with Crippen molar-refractivity contribution in [3.63, 3.8) is 0 Å². The predicted molar refractivity (Wildman–Crippen MR) is 96.7 cm³/mol. The molecule has 0 aliphatic carbocycles. The summed E-state index contributed by atoms with van der Waals surface area (Å²) in [5, 5.41) is 6.23. The minimum Gasteiger partial charge on any atom is -0.494 e. The van der Waals surface area contributed by atoms with Crippen LogP contribution in [0, 0.1) is 5.82 Å². The number of rotatable bonds is 7. The van der Waals surface area contributed by atoms with Crippen molar-refractivity contribution in [2.24, 2.45) is 0 Å². The van der Waals surface area contributed by atoms with Gasteiger partial charge in [0.1, 0.15) is 17.4 Å². The maximum absolute atomic E-state index is 13.7. The fourth-order valence-electron chi connectivity index (χ4n) is 2.28. The van der Waals surface area contributed by atoms with Gasteiger partial charge in [-0.2, -0.15) is 4.98 Å². The highest BCUT2D eigenvalue weighted by Gasteiger charge is 2.03. The van der Waals surface area contributed by atoms with Crippen LogP contribution in [0.1, 0.15) is 12.5 Å². The third-order valence-corrected chi connectivity index (χ3v) is 3.49. The summed E-state index contributed by atoms with van der Waals surface area (Å²) in [6.45, 7) is 2.93. The normalized spacial score (nSPS) is 10.3. The van der Waals surface area contributed by atoms with Gasteiger partial charge in [-0.15, -0.1) is 0 Å². The highest BCUT2D eigenvalue weighted by molar-refractivity contribution is 5.55. The van der Waals surface area contributed by atoms with E-state index in [9.17, 15) is 4.39 Å². The average Bonchev–Trinajstić information content (AvgIpc) is 2.63. The summed E-state index contributed by atoms with van der Waals surface area (Å²) < 4.78 is 19.1. The molecule has 25 heavy (non-hydrogen) atoms. The Balaban J connectivity index is 1.64. The lowest BCUT2D eigenvalue weighted by atomic mass is 10.2. The van der Waals surface area contributed by atoms with Crippen molar-refractivity contribution in [1.29, 1.82) is 0 Å². The van der Waals surface area contributed by atoms with E-state index in [2.05, 4.69) is 20.6 Å². The maximum Gasteiger partial charge on any atom is 0.229 e. The lowest BCUT2D eigenvalue weighted by Gasteiger charge is -2.09. The summed E-state index contributed by atoms with van der Waals surface area (Å²) in [7, 11) is 0. The molecule has 0 radical (unpaired) electrons. The minimum atomic E-state index is -0.239. The van der Waals surface area contributed by atoms with Gasteiger partial charge in [0.25, 0.3) is 0 Å². The molecule has 0 spiro atoms. The van der Waals surface area contributed by atoms with Gasteiger partial charge < -0.3 is 15.4 Å². The Morgan fingerprint density at radius 3 is 2.60 bits per heavy atom. The third-order valence-electron chi connectivity index (χ3n) is 3.49. The van der Waals surface area contributed by atoms with Gasteiger partial charge in [-0.3, -0.25) is 0 Å². The van der Waals surface area contributed by atoms with Crippen LogP contribution in [0.3, 0.4) is 0 Å². The summed E-state index contributed by atoms with van der Waals surface area (Å²) in [5.74, 6) is 1.65. The monoisotopic (exact) mass is 338 g/mol. The van der Waals surface area contributed by atoms with E-state index in [1.54, 1.807) is 30.5 Å². The molecule has 128 valence electrons. The highest BCUT2D eigenvalue weighted by atomic mass is 19.1. The first kappa shape index (κ1) is 16.7. The molecule has 0 aliphatic heterocycles. The number of hydrogen-bond donors (Lipinski definition) is 2. The second kappa shape index (κ2) is 8.10. The second-order valence-corrected chi connectivity index (χ2v) is 5.29. The smallest absolute Gasteiger partial charge is 0.229 e. The number of benzene rings is 2. The van der Waals surface area contributed by atoms with Crippen molar-refractivity contribution in [3.05, 3.63) is 72.2 Å². The first-order valence-corrected chi connectivity index (χ1v) is 8.05. The van der Waals surface area contributed by atoms with Crippen LogP contribution in [0.4, 0.5) is 21.8 Å². The molecule has 0 aliphatic rings. The summed E-state index contributed by atoms with van der Waals surface area (Å²) >= 11 is 0. The molecular weight excluding hydrogens is 319 g/mol. The summed E-state index contributed by atoms with van der Waals surface area (Å²) in [6, 6.07) is 15.9. The van der Waals surface area contributed by atoms with E-state index in [1.165, 1.54) is 6.07 Å². The molecule has 0 fully saturated rings. The zero-order chi connectivity index (χ0) is 17.5. The van der Waals surface area contributed by atoms with Crippen molar-refractivity contribution >= 4 is 17.5 Å². The van der Waals surface area contributed by atoms with Gasteiger partial charge in [0.05, 0.1) is 6.61 Å². The number of nitrogens with one attached hydrogen (secondary N) is 2. The first-order chi connectivity index (χ1) is 12.2. The second-order valence-electron chi connectivity index (χ2n) is 5.29. The lowest BCUT2D eigenvalue weighted by Crippen LogP contribution is -2.05. The van der Waals surface area contributed by atoms with E-state index >= 15 is 0 Å². The Hall–Kier alpha value is -3.15. The van der Waals surface area contributed by atoms with E-state index in [4.69, 9.17) is 4.74 Å². The molecule has 6 heteroatoms. The topological polar surface area (TPSA) is 59.1 Å². The lowest BCUT2D eigenvalue weighted by molar-refractivity contribution is 0.340. The number of ether oxygens (including phenoxy) is 1. The van der Waals surface area contributed by atoms with Crippen LogP contribution in [-0.2, 0) is 6.54 Å². The van der Waals surface area contributed by atoms with E-state index in [0.717, 1.165) is 11.4 Å². The quantitative estimate of drug-likeness (QED) is 0.670. The molecule has 0 bridgehead atoms. The minimum absolute atomic E-state index is 0.239. The number of nitrogens with zero attached hydrogens (tertiary/aromatic N) is 2. The number of hydrogen-bond acceptors (Lipinski definition) is 5. The van der Waals surface area contributed by atoms with E-state index in [-0.39, 0.29) is 5.82 Å². The predicted octanol–water partition coefficient (Wildman–Crippen LogP) is 4.37. The number of halogens is 1. The zero-order valence-electron chi connectivity index (χ0n) is 13.9. The van der Waals surface area contributed by atoms with Crippen LogP contribution in [0.25, 0.3) is 0 Å². The van der Waals surface area contributed by atoms with Crippen LogP contribution >= 0.6 is 0 Å². The zero-order valence-corrected chi connectivity index (χ0v) is 13.9. The molecule has 5 nitrogen and oxygen atoms in total. The molecule has 0 atom stereocenters. The van der Waals surface area contributed by atoms with E-state index < -0.39 is 0 Å². The summed E-state index contributed by atoms with van der Waals surface area (Å²) in [5.41, 5.74) is 1.44. The van der Waals surface area contributed by atoms with Gasteiger partial charge in [0, 0.05) is 24.0 Å². The molecule has 0 unspecified atom stereocenters. The first-order valence-electron chi connectivity index (χ1n) is 8.05. The fourth-order valence-corrected chi connectivity index (χ4v) is 2.28. The third kappa shape index (κ3) is 4.67. The molecule has 2 N–H and O–H groups in total. The van der Waals surface area contributed by atoms with Crippen molar-refractivity contribution in [3.8, 4) is 5.75 Å². The Labute approximate surface area is 145 Å². The average molecular weight is 338 g/mol. The molecule has 2 aromatic carbocycles. The van der Waals surface area contributed by atoms with Crippen LogP contribution < -0.4 is 15.4 Å². The van der Waals surface area contributed by atoms with Gasteiger partial charge in [-0.1, -0.05) is 18.2 Å². The highest BCUT2D eigenvalue weighted by Crippen LogP contribution is 2.19. The van der Waals surface area contributed by atoms with E-state index in [0.29, 0.717) is 30.5 Å². The van der Waals surface area contributed by atoms with Gasteiger partial charge in [0.2, 0.25) is 5.95 Å². The summed E-state index contributed by atoms with van der Waals surface area (Å²) in [6.07, 6.45) is 1.65. The van der Waals surface area contributed by atoms with Crippen LogP contribution in [0.2, 0.25) is 0 Å². The SMILES string of the molecule is CCOc1ccc(Nc2nccc(NCc3ccccc3F)n2)cc1. The van der Waals surface area contributed by atoms with Crippen LogP contribution in [0.5, 0.6) is 5.75 Å². The van der Waals surface area contributed by atoms with Crippen molar-refractivity contribution < 1.29 is 9.13 Å². The largest absolute Gasteiger partial charge is 0.494 e. The van der Waals surface area contributed by atoms with Gasteiger partial charge >= 0.3 is 0 Å². The Morgan fingerprint density at radius 2 is 1.84 bits per heavy atom. The molecule has 0 saturated carbocycles. The van der Waals surface area contributed by atoms with Crippen LogP contribution in [-0.4, -0.2) is 16.6 Å². The Bertz CT molecular complexity index is 824. The molecule has 1 aromatic heterocycles. The molecule has 1 heterocycles. The van der Waals surface area contributed by atoms with Crippen molar-refractivity contribution in [1.82, 2.24) is 9.97 Å². The van der Waals surface area contributed by atoms with Crippen molar-refractivity contribution in [2.75, 3.05) is 17.2 Å². The summed E-state index contributed by atoms with van der Waals surface area (Å²) in [4.78, 5) is 8.58.